The number of carbonyl (C=O) groups is 3. The summed E-state index contributed by atoms with van der Waals surface area (Å²) in [5, 5.41) is 2.45. The fourth-order valence-electron chi connectivity index (χ4n) is 3.06. The van der Waals surface area contributed by atoms with Gasteiger partial charge >= 0.3 is 12.2 Å². The van der Waals surface area contributed by atoms with Crippen LogP contribution in [0.1, 0.15) is 12.5 Å². The van der Waals surface area contributed by atoms with Crippen LogP contribution in [0.4, 0.5) is 25.4 Å². The monoisotopic (exact) mass is 351 g/mol. The highest BCUT2D eigenvalue weighted by molar-refractivity contribution is 6.02. The van der Waals surface area contributed by atoms with Crippen molar-refractivity contribution in [3.05, 3.63) is 23.5 Å². The second-order valence-corrected chi connectivity index (χ2v) is 5.74. The summed E-state index contributed by atoms with van der Waals surface area (Å²) >= 11 is 0. The predicted octanol–water partition coefficient (Wildman–Crippen LogP) is 1.42. The van der Waals surface area contributed by atoms with Gasteiger partial charge in [-0.1, -0.05) is 0 Å². The first-order valence-corrected chi connectivity index (χ1v) is 7.87. The van der Waals surface area contributed by atoms with Crippen molar-refractivity contribution in [2.75, 3.05) is 36.5 Å². The van der Waals surface area contributed by atoms with Gasteiger partial charge in [-0.2, -0.15) is 0 Å². The third-order valence-electron chi connectivity index (χ3n) is 4.20. The lowest BCUT2D eigenvalue weighted by Crippen LogP contribution is -2.34. The van der Waals surface area contributed by atoms with Gasteiger partial charge in [-0.05, 0) is 24.6 Å². The van der Waals surface area contributed by atoms with Gasteiger partial charge in [0, 0.05) is 6.54 Å². The first kappa shape index (κ1) is 17.0. The molecule has 8 nitrogen and oxygen atoms in total. The number of amides is 3. The van der Waals surface area contributed by atoms with E-state index in [4.69, 9.17) is 4.74 Å². The van der Waals surface area contributed by atoms with Crippen LogP contribution in [-0.2, 0) is 20.7 Å². The Balaban J connectivity index is 1.78. The lowest BCUT2D eigenvalue weighted by Gasteiger charge is -2.18. The second kappa shape index (κ2) is 6.58. The maximum absolute atomic E-state index is 14.5. The standard InChI is InChI=1S/C16H18FN3O5/c1-3-19-13(21)5-9-4-10(6-12(17)14(9)19)20-8-11(25-16(20)23)7-18-15(22)24-2/h4,6,11H,3,5,7-8H2,1-2H3,(H,18,22). The molecule has 2 aliphatic heterocycles. The summed E-state index contributed by atoms with van der Waals surface area (Å²) in [4.78, 5) is 37.8. The average Bonchev–Trinajstić information content (AvgIpc) is 3.11. The Morgan fingerprint density at radius 3 is 2.88 bits per heavy atom. The van der Waals surface area contributed by atoms with Crippen molar-refractivity contribution in [2.24, 2.45) is 0 Å². The van der Waals surface area contributed by atoms with Crippen molar-refractivity contribution in [1.82, 2.24) is 5.32 Å². The molecule has 25 heavy (non-hydrogen) atoms. The fraction of sp³-hybridized carbons (Fsp3) is 0.438. The van der Waals surface area contributed by atoms with Gasteiger partial charge < -0.3 is 19.7 Å². The summed E-state index contributed by atoms with van der Waals surface area (Å²) in [6.07, 6.45) is -1.73. The molecule has 0 bridgehead atoms. The lowest BCUT2D eigenvalue weighted by atomic mass is 10.1. The van der Waals surface area contributed by atoms with E-state index in [1.807, 2.05) is 0 Å². The highest BCUT2D eigenvalue weighted by Gasteiger charge is 2.35. The summed E-state index contributed by atoms with van der Waals surface area (Å²) in [7, 11) is 1.23. The molecule has 0 radical (unpaired) electrons. The van der Waals surface area contributed by atoms with Gasteiger partial charge in [0.15, 0.2) is 0 Å². The number of methoxy groups -OCH3 is 1. The van der Waals surface area contributed by atoms with Crippen LogP contribution < -0.4 is 15.1 Å². The van der Waals surface area contributed by atoms with E-state index in [2.05, 4.69) is 10.1 Å². The van der Waals surface area contributed by atoms with Gasteiger partial charge in [0.1, 0.15) is 11.9 Å². The lowest BCUT2D eigenvalue weighted by molar-refractivity contribution is -0.117. The van der Waals surface area contributed by atoms with Gasteiger partial charge in [0.2, 0.25) is 5.91 Å². The minimum atomic E-state index is -0.632. The van der Waals surface area contributed by atoms with Crippen LogP contribution in [0.5, 0.6) is 0 Å². The summed E-state index contributed by atoms with van der Waals surface area (Å²) in [5.41, 5.74) is 1.14. The Bertz CT molecular complexity index is 739. The zero-order valence-electron chi connectivity index (χ0n) is 13.9. The molecule has 0 spiro atoms. The van der Waals surface area contributed by atoms with Crippen LogP contribution in [0.25, 0.3) is 0 Å². The first-order chi connectivity index (χ1) is 11.9. The Labute approximate surface area is 143 Å². The number of likely N-dealkylation sites (N-methyl/N-ethyl adjacent to an activating group) is 1. The second-order valence-electron chi connectivity index (χ2n) is 5.74. The number of hydrogen-bond donors (Lipinski definition) is 1. The van der Waals surface area contributed by atoms with E-state index in [0.29, 0.717) is 17.8 Å². The van der Waals surface area contributed by atoms with E-state index in [1.54, 1.807) is 13.0 Å². The van der Waals surface area contributed by atoms with E-state index in [-0.39, 0.29) is 31.1 Å². The van der Waals surface area contributed by atoms with Gasteiger partial charge in [-0.3, -0.25) is 9.69 Å². The number of rotatable bonds is 4. The predicted molar refractivity (Wildman–Crippen MR) is 86.2 cm³/mol. The van der Waals surface area contributed by atoms with Crippen molar-refractivity contribution in [1.29, 1.82) is 0 Å². The summed E-state index contributed by atoms with van der Waals surface area (Å²) < 4.78 is 24.1. The molecule has 1 atom stereocenters. The van der Waals surface area contributed by atoms with Crippen molar-refractivity contribution in [2.45, 2.75) is 19.4 Å². The van der Waals surface area contributed by atoms with Gasteiger partial charge in [-0.25, -0.2) is 14.0 Å². The molecule has 1 saturated heterocycles. The number of ether oxygens (including phenoxy) is 2. The maximum atomic E-state index is 14.5. The van der Waals surface area contributed by atoms with E-state index >= 15 is 0 Å². The van der Waals surface area contributed by atoms with Crippen LogP contribution in [-0.4, -0.2) is 50.9 Å². The minimum Gasteiger partial charge on any atom is -0.453 e. The quantitative estimate of drug-likeness (QED) is 0.886. The Morgan fingerprint density at radius 1 is 1.44 bits per heavy atom. The number of nitrogens with zero attached hydrogens (tertiary/aromatic N) is 2. The Morgan fingerprint density at radius 2 is 2.20 bits per heavy atom. The molecule has 1 aromatic carbocycles. The smallest absolute Gasteiger partial charge is 0.414 e. The molecule has 0 aliphatic carbocycles. The molecule has 2 heterocycles. The van der Waals surface area contributed by atoms with Crippen LogP contribution >= 0.6 is 0 Å². The third-order valence-corrected chi connectivity index (χ3v) is 4.20. The number of fused-ring (bicyclic) bond motifs is 1. The topological polar surface area (TPSA) is 88.2 Å². The molecule has 2 aliphatic rings. The third kappa shape index (κ3) is 3.09. The molecule has 9 heteroatoms. The normalized spacial score (nSPS) is 19.1. The van der Waals surface area contributed by atoms with E-state index in [0.717, 1.165) is 0 Å². The number of hydrogen-bond acceptors (Lipinski definition) is 5. The molecule has 134 valence electrons. The molecule has 1 unspecified atom stereocenters. The van der Waals surface area contributed by atoms with Gasteiger partial charge in [0.25, 0.3) is 0 Å². The number of anilines is 2. The van der Waals surface area contributed by atoms with Crippen molar-refractivity contribution in [3.63, 3.8) is 0 Å². The molecule has 1 fully saturated rings. The number of alkyl carbamates (subject to hydrolysis) is 1. The van der Waals surface area contributed by atoms with Crippen molar-refractivity contribution >= 4 is 29.5 Å². The largest absolute Gasteiger partial charge is 0.453 e. The van der Waals surface area contributed by atoms with Crippen LogP contribution in [0.2, 0.25) is 0 Å². The Kier molecular flexibility index (Phi) is 4.47. The molecular formula is C16H18FN3O5. The SMILES string of the molecule is CCN1C(=O)Cc2cc(N3CC(CNC(=O)OC)OC3=O)cc(F)c21. The number of halogens is 1. The first-order valence-electron chi connectivity index (χ1n) is 7.87. The average molecular weight is 351 g/mol. The number of cyclic esters (lactones) is 1. The van der Waals surface area contributed by atoms with Crippen molar-refractivity contribution in [3.8, 4) is 0 Å². The van der Waals surface area contributed by atoms with E-state index in [9.17, 15) is 18.8 Å². The van der Waals surface area contributed by atoms with E-state index in [1.165, 1.54) is 23.0 Å². The van der Waals surface area contributed by atoms with Gasteiger partial charge in [-0.15, -0.1) is 0 Å². The molecular weight excluding hydrogens is 333 g/mol. The van der Waals surface area contributed by atoms with E-state index < -0.39 is 24.1 Å². The zero-order valence-corrected chi connectivity index (χ0v) is 13.9. The van der Waals surface area contributed by atoms with Crippen LogP contribution in [0, 0.1) is 5.82 Å². The molecule has 0 saturated carbocycles. The maximum Gasteiger partial charge on any atom is 0.414 e. The number of carbonyl (C=O) groups excluding carboxylic acids is 3. The fourth-order valence-corrected chi connectivity index (χ4v) is 3.06. The summed E-state index contributed by atoms with van der Waals surface area (Å²) in [6, 6.07) is 2.85. The van der Waals surface area contributed by atoms with Gasteiger partial charge in [0.05, 0.1) is 38.0 Å². The zero-order chi connectivity index (χ0) is 18.1. The van der Waals surface area contributed by atoms with Crippen LogP contribution in [0.3, 0.4) is 0 Å². The molecule has 1 N–H and O–H groups in total. The highest BCUT2D eigenvalue weighted by Crippen LogP contribution is 2.36. The number of nitrogens with one attached hydrogen (secondary N) is 1. The summed E-state index contributed by atoms with van der Waals surface area (Å²) in [6.45, 7) is 2.41. The molecule has 0 aromatic heterocycles. The minimum absolute atomic E-state index is 0.0877. The Hall–Kier alpha value is -2.84. The van der Waals surface area contributed by atoms with Crippen LogP contribution in [0.15, 0.2) is 12.1 Å². The molecule has 3 rings (SSSR count). The molecule has 1 aromatic rings. The summed E-state index contributed by atoms with van der Waals surface area (Å²) in [5.74, 6) is -0.721. The highest BCUT2D eigenvalue weighted by atomic mass is 19.1. The molecule has 3 amide bonds. The number of benzene rings is 1. The van der Waals surface area contributed by atoms with Crippen molar-refractivity contribution < 1.29 is 28.2 Å².